The molecular formula is C11H14N2OS. The second-order valence-electron chi connectivity index (χ2n) is 3.36. The van der Waals surface area contributed by atoms with Gasteiger partial charge in [-0.1, -0.05) is 6.92 Å². The topological polar surface area (TPSA) is 38.1 Å². The van der Waals surface area contributed by atoms with Crippen LogP contribution in [0.15, 0.2) is 21.9 Å². The van der Waals surface area contributed by atoms with Gasteiger partial charge in [0, 0.05) is 5.38 Å². The van der Waals surface area contributed by atoms with E-state index in [2.05, 4.69) is 22.6 Å². The van der Waals surface area contributed by atoms with Crippen LogP contribution in [-0.4, -0.2) is 4.98 Å². The lowest BCUT2D eigenvalue weighted by Gasteiger charge is -1.98. The van der Waals surface area contributed by atoms with E-state index in [1.165, 1.54) is 0 Å². The molecule has 2 aromatic rings. The van der Waals surface area contributed by atoms with Crippen LogP contribution in [0.4, 0.5) is 5.13 Å². The number of furan rings is 1. The van der Waals surface area contributed by atoms with Gasteiger partial charge < -0.3 is 9.73 Å². The molecule has 0 spiro atoms. The SMILES string of the molecule is CCc1csc(NCc2ccc(C)o2)n1. The average molecular weight is 222 g/mol. The molecular weight excluding hydrogens is 208 g/mol. The van der Waals surface area contributed by atoms with E-state index in [0.29, 0.717) is 6.54 Å². The van der Waals surface area contributed by atoms with Gasteiger partial charge in [-0.05, 0) is 25.5 Å². The number of rotatable bonds is 4. The molecule has 0 aromatic carbocycles. The summed E-state index contributed by atoms with van der Waals surface area (Å²) in [6, 6.07) is 3.95. The maximum atomic E-state index is 5.45. The molecule has 0 fully saturated rings. The second kappa shape index (κ2) is 4.49. The molecule has 1 N–H and O–H groups in total. The first-order chi connectivity index (χ1) is 7.28. The van der Waals surface area contributed by atoms with Crippen LogP contribution in [0.1, 0.15) is 24.1 Å². The second-order valence-corrected chi connectivity index (χ2v) is 4.22. The Morgan fingerprint density at radius 1 is 1.47 bits per heavy atom. The highest BCUT2D eigenvalue weighted by Crippen LogP contribution is 2.17. The highest BCUT2D eigenvalue weighted by atomic mass is 32.1. The van der Waals surface area contributed by atoms with Gasteiger partial charge in [-0.15, -0.1) is 11.3 Å². The van der Waals surface area contributed by atoms with Crippen molar-refractivity contribution < 1.29 is 4.42 Å². The Bertz CT molecular complexity index is 433. The van der Waals surface area contributed by atoms with E-state index >= 15 is 0 Å². The third-order valence-electron chi connectivity index (χ3n) is 2.12. The lowest BCUT2D eigenvalue weighted by atomic mass is 10.4. The fourth-order valence-corrected chi connectivity index (χ4v) is 2.09. The molecule has 2 heterocycles. The molecule has 2 rings (SSSR count). The lowest BCUT2D eigenvalue weighted by Crippen LogP contribution is -1.97. The zero-order chi connectivity index (χ0) is 10.7. The lowest BCUT2D eigenvalue weighted by molar-refractivity contribution is 0.490. The van der Waals surface area contributed by atoms with Gasteiger partial charge in [-0.25, -0.2) is 4.98 Å². The van der Waals surface area contributed by atoms with Gasteiger partial charge in [-0.2, -0.15) is 0 Å². The van der Waals surface area contributed by atoms with E-state index in [4.69, 9.17) is 4.42 Å². The molecule has 0 saturated heterocycles. The molecule has 0 amide bonds. The molecule has 0 unspecified atom stereocenters. The van der Waals surface area contributed by atoms with E-state index in [1.807, 2.05) is 19.1 Å². The van der Waals surface area contributed by atoms with E-state index in [-0.39, 0.29) is 0 Å². The molecule has 3 nitrogen and oxygen atoms in total. The van der Waals surface area contributed by atoms with E-state index < -0.39 is 0 Å². The highest BCUT2D eigenvalue weighted by Gasteiger charge is 2.01. The number of nitrogens with zero attached hydrogens (tertiary/aromatic N) is 1. The Kier molecular flexibility index (Phi) is 3.06. The van der Waals surface area contributed by atoms with Crippen LogP contribution in [0.25, 0.3) is 0 Å². The maximum Gasteiger partial charge on any atom is 0.183 e. The number of hydrogen-bond donors (Lipinski definition) is 1. The summed E-state index contributed by atoms with van der Waals surface area (Å²) in [7, 11) is 0. The van der Waals surface area contributed by atoms with Crippen molar-refractivity contribution in [1.82, 2.24) is 4.98 Å². The van der Waals surface area contributed by atoms with E-state index in [1.54, 1.807) is 11.3 Å². The third-order valence-corrected chi connectivity index (χ3v) is 2.97. The number of nitrogens with one attached hydrogen (secondary N) is 1. The molecule has 0 aliphatic heterocycles. The first-order valence-electron chi connectivity index (χ1n) is 5.01. The standard InChI is InChI=1S/C11H14N2OS/c1-3-9-7-15-11(13-9)12-6-10-5-4-8(2)14-10/h4-5,7H,3,6H2,1-2H3,(H,12,13). The van der Waals surface area contributed by atoms with E-state index in [9.17, 15) is 0 Å². The summed E-state index contributed by atoms with van der Waals surface area (Å²) in [6.07, 6.45) is 0.984. The first kappa shape index (κ1) is 10.2. The Hall–Kier alpha value is -1.29. The smallest absolute Gasteiger partial charge is 0.183 e. The van der Waals surface area contributed by atoms with Crippen molar-refractivity contribution in [3.05, 3.63) is 34.7 Å². The Morgan fingerprint density at radius 2 is 2.33 bits per heavy atom. The van der Waals surface area contributed by atoms with Crippen LogP contribution in [0.3, 0.4) is 0 Å². The largest absolute Gasteiger partial charge is 0.465 e. The summed E-state index contributed by atoms with van der Waals surface area (Å²) in [5.41, 5.74) is 1.14. The van der Waals surface area contributed by atoms with Gasteiger partial charge in [0.05, 0.1) is 12.2 Å². The Morgan fingerprint density at radius 3 is 2.93 bits per heavy atom. The Labute approximate surface area is 93.2 Å². The van der Waals surface area contributed by atoms with Crippen LogP contribution in [0, 0.1) is 6.92 Å². The van der Waals surface area contributed by atoms with Crippen molar-refractivity contribution in [2.24, 2.45) is 0 Å². The monoisotopic (exact) mass is 222 g/mol. The van der Waals surface area contributed by atoms with Crippen molar-refractivity contribution >= 4 is 16.5 Å². The van der Waals surface area contributed by atoms with Gasteiger partial charge in [0.25, 0.3) is 0 Å². The summed E-state index contributed by atoms with van der Waals surface area (Å²) in [5.74, 6) is 1.89. The van der Waals surface area contributed by atoms with Crippen molar-refractivity contribution in [2.75, 3.05) is 5.32 Å². The minimum atomic E-state index is 0.699. The number of aryl methyl sites for hydroxylation is 2. The van der Waals surface area contributed by atoms with Crippen LogP contribution < -0.4 is 5.32 Å². The summed E-state index contributed by atoms with van der Waals surface area (Å²) in [5, 5.41) is 6.28. The highest BCUT2D eigenvalue weighted by molar-refractivity contribution is 7.13. The summed E-state index contributed by atoms with van der Waals surface area (Å²) < 4.78 is 5.45. The zero-order valence-electron chi connectivity index (χ0n) is 8.91. The predicted octanol–water partition coefficient (Wildman–Crippen LogP) is 3.22. The van der Waals surface area contributed by atoms with Crippen LogP contribution in [-0.2, 0) is 13.0 Å². The quantitative estimate of drug-likeness (QED) is 0.863. The molecule has 4 heteroatoms. The summed E-state index contributed by atoms with van der Waals surface area (Å²) in [4.78, 5) is 4.42. The molecule has 0 radical (unpaired) electrons. The number of hydrogen-bond acceptors (Lipinski definition) is 4. The molecule has 2 aromatic heterocycles. The first-order valence-corrected chi connectivity index (χ1v) is 5.89. The summed E-state index contributed by atoms with van der Waals surface area (Å²) in [6.45, 7) is 4.75. The molecule has 0 atom stereocenters. The fourth-order valence-electron chi connectivity index (χ4n) is 1.29. The van der Waals surface area contributed by atoms with Crippen molar-refractivity contribution in [3.63, 3.8) is 0 Å². The molecule has 15 heavy (non-hydrogen) atoms. The van der Waals surface area contributed by atoms with Crippen LogP contribution >= 0.6 is 11.3 Å². The molecule has 0 aliphatic rings. The van der Waals surface area contributed by atoms with Crippen molar-refractivity contribution in [3.8, 4) is 0 Å². The normalized spacial score (nSPS) is 10.5. The van der Waals surface area contributed by atoms with Gasteiger partial charge in [-0.3, -0.25) is 0 Å². The number of thiazole rings is 1. The molecule has 0 aliphatic carbocycles. The minimum Gasteiger partial charge on any atom is -0.465 e. The Balaban J connectivity index is 1.93. The molecule has 80 valence electrons. The average Bonchev–Trinajstić information content (AvgIpc) is 2.83. The predicted molar refractivity (Wildman–Crippen MR) is 62.3 cm³/mol. The van der Waals surface area contributed by atoms with Crippen molar-refractivity contribution in [2.45, 2.75) is 26.8 Å². The fraction of sp³-hybridized carbons (Fsp3) is 0.364. The van der Waals surface area contributed by atoms with Crippen LogP contribution in [0.2, 0.25) is 0 Å². The maximum absolute atomic E-state index is 5.45. The minimum absolute atomic E-state index is 0.699. The summed E-state index contributed by atoms with van der Waals surface area (Å²) >= 11 is 1.64. The number of anilines is 1. The van der Waals surface area contributed by atoms with Gasteiger partial charge in [0.1, 0.15) is 11.5 Å². The molecule has 0 saturated carbocycles. The van der Waals surface area contributed by atoms with Gasteiger partial charge in [0.2, 0.25) is 0 Å². The zero-order valence-corrected chi connectivity index (χ0v) is 9.73. The van der Waals surface area contributed by atoms with Crippen molar-refractivity contribution in [1.29, 1.82) is 0 Å². The molecule has 0 bridgehead atoms. The van der Waals surface area contributed by atoms with Gasteiger partial charge in [0.15, 0.2) is 5.13 Å². The van der Waals surface area contributed by atoms with Crippen LogP contribution in [0.5, 0.6) is 0 Å². The third kappa shape index (κ3) is 2.59. The van der Waals surface area contributed by atoms with Gasteiger partial charge >= 0.3 is 0 Å². The van der Waals surface area contributed by atoms with E-state index in [0.717, 1.165) is 28.8 Å². The number of aromatic nitrogens is 1.